The Labute approximate surface area is 341 Å². The molecule has 0 fully saturated rings. The molecule has 0 unspecified atom stereocenters. The first kappa shape index (κ1) is 52.6. The number of hydrogen-bond acceptors (Lipinski definition) is 14. The fourth-order valence-electron chi connectivity index (χ4n) is 4.99. The van der Waals surface area contributed by atoms with E-state index in [1.807, 2.05) is 12.1 Å². The summed E-state index contributed by atoms with van der Waals surface area (Å²) in [5.41, 5.74) is 1.37. The lowest BCUT2D eigenvalue weighted by atomic mass is 10.0. The Balaban J connectivity index is 1.68. The van der Waals surface area contributed by atoms with Crippen molar-refractivity contribution in [1.29, 1.82) is 0 Å². The topological polar surface area (TPSA) is 165 Å². The molecule has 0 aliphatic rings. The second-order valence-electron chi connectivity index (χ2n) is 13.0. The summed E-state index contributed by atoms with van der Waals surface area (Å²) in [5, 5.41) is 8.56. The molecule has 1 N–H and O–H groups in total. The summed E-state index contributed by atoms with van der Waals surface area (Å²) in [7, 11) is 0. The molecule has 15 heteroatoms. The van der Waals surface area contributed by atoms with Crippen LogP contribution in [0.1, 0.15) is 76.7 Å². The van der Waals surface area contributed by atoms with E-state index in [4.69, 9.17) is 61.9 Å². The summed E-state index contributed by atoms with van der Waals surface area (Å²) in [6, 6.07) is 8.41. The summed E-state index contributed by atoms with van der Waals surface area (Å²) in [6.07, 6.45) is 10.3. The normalized spacial score (nSPS) is 11.3. The van der Waals surface area contributed by atoms with Crippen molar-refractivity contribution in [2.24, 2.45) is 0 Å². The third kappa shape index (κ3) is 40.1. The van der Waals surface area contributed by atoms with Crippen LogP contribution in [-0.2, 0) is 68.1 Å². The lowest BCUT2D eigenvalue weighted by Crippen LogP contribution is -2.15. The largest absolute Gasteiger partial charge is 0.491 e. The lowest BCUT2D eigenvalue weighted by molar-refractivity contribution is -0.146. The average molecular weight is 819 g/mol. The highest BCUT2D eigenvalue weighted by Gasteiger charge is 2.04. The second-order valence-corrected chi connectivity index (χ2v) is 13.0. The van der Waals surface area contributed by atoms with Gasteiger partial charge in [0.05, 0.1) is 132 Å². The van der Waals surface area contributed by atoms with E-state index in [9.17, 15) is 9.59 Å². The van der Waals surface area contributed by atoms with E-state index >= 15 is 0 Å². The molecule has 0 saturated heterocycles. The smallest absolute Gasteiger partial charge is 0.305 e. The van der Waals surface area contributed by atoms with Crippen LogP contribution >= 0.6 is 0 Å². The third-order valence-electron chi connectivity index (χ3n) is 8.10. The SMILES string of the molecule is CCCCCCCCc1ccc(OCCOCCOCCOCCOCCOCCOCCOCCOCCOCCOCCOC(=O)CCCCC(=O)O)cc1. The quantitative estimate of drug-likeness (QED) is 0.0663. The number of esters is 1. The highest BCUT2D eigenvalue weighted by molar-refractivity contribution is 5.69. The van der Waals surface area contributed by atoms with Crippen LogP contribution in [0.15, 0.2) is 24.3 Å². The van der Waals surface area contributed by atoms with Gasteiger partial charge in [0.25, 0.3) is 0 Å². The molecule has 0 heterocycles. The monoisotopic (exact) mass is 819 g/mol. The maximum atomic E-state index is 11.5. The van der Waals surface area contributed by atoms with Gasteiger partial charge in [-0.15, -0.1) is 0 Å². The zero-order chi connectivity index (χ0) is 41.0. The number of aliphatic carboxylic acids is 1. The van der Waals surface area contributed by atoms with E-state index in [0.29, 0.717) is 145 Å². The molecule has 0 aliphatic carbocycles. The molecule has 0 radical (unpaired) electrons. The van der Waals surface area contributed by atoms with Gasteiger partial charge in [0.2, 0.25) is 0 Å². The lowest BCUT2D eigenvalue weighted by Gasteiger charge is -2.09. The van der Waals surface area contributed by atoms with Crippen molar-refractivity contribution < 1.29 is 71.5 Å². The Morgan fingerprint density at radius 1 is 0.421 bits per heavy atom. The Morgan fingerprint density at radius 3 is 1.18 bits per heavy atom. The fourth-order valence-corrected chi connectivity index (χ4v) is 4.99. The molecule has 15 nitrogen and oxygen atoms in total. The predicted octanol–water partition coefficient (Wildman–Crippen LogP) is 5.32. The number of aryl methyl sites for hydroxylation is 1. The maximum Gasteiger partial charge on any atom is 0.305 e. The highest BCUT2D eigenvalue weighted by atomic mass is 16.6. The Bertz CT molecular complexity index is 998. The zero-order valence-corrected chi connectivity index (χ0v) is 34.8. The van der Waals surface area contributed by atoms with E-state index < -0.39 is 5.97 Å². The van der Waals surface area contributed by atoms with E-state index in [0.717, 1.165) is 12.2 Å². The molecule has 1 rings (SSSR count). The van der Waals surface area contributed by atoms with Gasteiger partial charge in [-0.3, -0.25) is 9.59 Å². The molecule has 0 atom stereocenters. The number of hydrogen-bond donors (Lipinski definition) is 1. The van der Waals surface area contributed by atoms with Gasteiger partial charge in [-0.25, -0.2) is 0 Å². The number of carbonyl (C=O) groups is 2. The van der Waals surface area contributed by atoms with Crippen molar-refractivity contribution in [2.75, 3.05) is 145 Å². The molecular weight excluding hydrogens is 744 g/mol. The Morgan fingerprint density at radius 2 is 0.772 bits per heavy atom. The summed E-state index contributed by atoms with van der Waals surface area (Å²) < 4.78 is 65.6. The van der Waals surface area contributed by atoms with Crippen LogP contribution < -0.4 is 4.74 Å². The van der Waals surface area contributed by atoms with E-state index in [1.54, 1.807) is 0 Å². The van der Waals surface area contributed by atoms with Crippen molar-refractivity contribution in [3.63, 3.8) is 0 Å². The average Bonchev–Trinajstić information content (AvgIpc) is 3.21. The summed E-state index contributed by atoms with van der Waals surface area (Å²) in [4.78, 5) is 21.9. The van der Waals surface area contributed by atoms with Crippen LogP contribution in [-0.4, -0.2) is 162 Å². The first-order valence-electron chi connectivity index (χ1n) is 21.0. The van der Waals surface area contributed by atoms with E-state index in [1.165, 1.54) is 44.1 Å². The van der Waals surface area contributed by atoms with E-state index in [-0.39, 0.29) is 32.0 Å². The molecule has 1 aromatic carbocycles. The van der Waals surface area contributed by atoms with Gasteiger partial charge in [-0.2, -0.15) is 0 Å². The van der Waals surface area contributed by atoms with Crippen LogP contribution in [0.4, 0.5) is 0 Å². The maximum absolute atomic E-state index is 11.5. The summed E-state index contributed by atoms with van der Waals surface area (Å²) in [5.74, 6) is -0.333. The van der Waals surface area contributed by atoms with Crippen LogP contribution in [0.3, 0.4) is 0 Å². The van der Waals surface area contributed by atoms with Crippen molar-refractivity contribution in [3.05, 3.63) is 29.8 Å². The molecule has 0 aromatic heterocycles. The van der Waals surface area contributed by atoms with Crippen molar-refractivity contribution in [3.8, 4) is 5.75 Å². The van der Waals surface area contributed by atoms with E-state index in [2.05, 4.69) is 19.1 Å². The molecule has 0 aliphatic heterocycles. The van der Waals surface area contributed by atoms with Gasteiger partial charge in [-0.05, 0) is 43.4 Å². The second kappa shape index (κ2) is 43.1. The number of carbonyl (C=O) groups excluding carboxylic acids is 1. The summed E-state index contributed by atoms with van der Waals surface area (Å²) in [6.45, 7) is 12.3. The number of unbranched alkanes of at least 4 members (excludes halogenated alkanes) is 6. The Hall–Kier alpha value is -2.44. The highest BCUT2D eigenvalue weighted by Crippen LogP contribution is 2.15. The van der Waals surface area contributed by atoms with Crippen molar-refractivity contribution in [2.45, 2.75) is 77.6 Å². The molecule has 0 bridgehead atoms. The van der Waals surface area contributed by atoms with Crippen LogP contribution in [0.25, 0.3) is 0 Å². The van der Waals surface area contributed by atoms with Gasteiger partial charge < -0.3 is 61.9 Å². The van der Waals surface area contributed by atoms with Gasteiger partial charge in [0.15, 0.2) is 0 Å². The van der Waals surface area contributed by atoms with Crippen molar-refractivity contribution >= 4 is 11.9 Å². The molecule has 0 saturated carbocycles. The molecule has 57 heavy (non-hydrogen) atoms. The first-order chi connectivity index (χ1) is 28.1. The number of rotatable bonds is 46. The number of carboxylic acid groups (broad SMARTS) is 1. The van der Waals surface area contributed by atoms with Gasteiger partial charge >= 0.3 is 11.9 Å². The van der Waals surface area contributed by atoms with Gasteiger partial charge in [-0.1, -0.05) is 51.2 Å². The van der Waals surface area contributed by atoms with Gasteiger partial charge in [0.1, 0.15) is 19.0 Å². The standard InChI is InChI=1S/C42H74O15/c1-2-3-4-5-6-7-10-39-13-15-40(16-14-39)56-37-35-54-33-31-52-29-27-50-25-23-48-21-19-46-17-18-47-20-22-49-24-26-51-28-30-53-32-34-55-36-38-57-42(45)12-9-8-11-41(43)44/h13-16H,2-12,17-38H2,1H3,(H,43,44). The fraction of sp³-hybridized carbons (Fsp3) is 0.810. The van der Waals surface area contributed by atoms with Crippen LogP contribution in [0, 0.1) is 0 Å². The number of ether oxygens (including phenoxy) is 12. The zero-order valence-electron chi connectivity index (χ0n) is 34.8. The minimum atomic E-state index is -0.863. The minimum absolute atomic E-state index is 0.0594. The number of benzene rings is 1. The molecular formula is C42H74O15. The summed E-state index contributed by atoms with van der Waals surface area (Å²) >= 11 is 0. The third-order valence-corrected chi connectivity index (χ3v) is 8.10. The molecule has 332 valence electrons. The predicted molar refractivity (Wildman–Crippen MR) is 214 cm³/mol. The van der Waals surface area contributed by atoms with Crippen molar-refractivity contribution in [1.82, 2.24) is 0 Å². The minimum Gasteiger partial charge on any atom is -0.491 e. The molecule has 0 amide bonds. The molecule has 0 spiro atoms. The number of carboxylic acids is 1. The van der Waals surface area contributed by atoms with Crippen LogP contribution in [0.2, 0.25) is 0 Å². The first-order valence-corrected chi connectivity index (χ1v) is 21.0. The Kier molecular flexibility index (Phi) is 39.8. The van der Waals surface area contributed by atoms with Gasteiger partial charge in [0, 0.05) is 12.8 Å². The molecule has 1 aromatic rings. The van der Waals surface area contributed by atoms with Crippen LogP contribution in [0.5, 0.6) is 5.75 Å².